The van der Waals surface area contributed by atoms with Gasteiger partial charge in [0.2, 0.25) is 0 Å². The number of nitrogens with one attached hydrogen (secondary N) is 1. The molecule has 0 amide bonds. The van der Waals surface area contributed by atoms with Crippen molar-refractivity contribution in [2.45, 2.75) is 25.8 Å². The zero-order chi connectivity index (χ0) is 19.1. The van der Waals surface area contributed by atoms with Gasteiger partial charge in [0.25, 0.3) is 0 Å². The van der Waals surface area contributed by atoms with Crippen LogP contribution in [0.4, 0.5) is 0 Å². The van der Waals surface area contributed by atoms with Crippen molar-refractivity contribution in [3.05, 3.63) is 65.2 Å². The molecular weight excluding hydrogens is 336 g/mol. The van der Waals surface area contributed by atoms with E-state index in [1.54, 1.807) is 7.11 Å². The van der Waals surface area contributed by atoms with Crippen LogP contribution in [0.2, 0.25) is 0 Å². The summed E-state index contributed by atoms with van der Waals surface area (Å²) in [5, 5.41) is 12.3. The molecule has 3 rings (SSSR count). The van der Waals surface area contributed by atoms with Crippen LogP contribution in [0.5, 0.6) is 5.75 Å². The van der Waals surface area contributed by atoms with E-state index in [1.807, 2.05) is 36.4 Å². The van der Waals surface area contributed by atoms with Gasteiger partial charge >= 0.3 is 0 Å². The maximum atomic E-state index is 8.91. The highest BCUT2D eigenvalue weighted by molar-refractivity contribution is 5.80. The summed E-state index contributed by atoms with van der Waals surface area (Å²) >= 11 is 0. The second kappa shape index (κ2) is 9.09. The zero-order valence-corrected chi connectivity index (χ0v) is 16.0. The fourth-order valence-electron chi connectivity index (χ4n) is 3.38. The molecule has 1 atom stereocenters. The fourth-order valence-corrected chi connectivity index (χ4v) is 3.38. The van der Waals surface area contributed by atoms with E-state index in [0.717, 1.165) is 43.3 Å². The summed E-state index contributed by atoms with van der Waals surface area (Å²) in [5.41, 5.74) is 3.13. The van der Waals surface area contributed by atoms with E-state index >= 15 is 0 Å². The van der Waals surface area contributed by atoms with Gasteiger partial charge in [-0.1, -0.05) is 24.3 Å². The standard InChI is InChI=1S/C22H26N4O/c1-3-24-22(25-15-18-6-4-17(14-23)5-7-18)26-13-12-20(16-26)19-8-10-21(27-2)11-9-19/h4-11,20H,3,12-13,15-16H2,1-2H3,(H,24,25). The van der Waals surface area contributed by atoms with Crippen LogP contribution in [-0.4, -0.2) is 37.6 Å². The number of aliphatic imine (C=N–C) groups is 1. The molecule has 0 aliphatic carbocycles. The lowest BCUT2D eigenvalue weighted by Crippen LogP contribution is -2.40. The van der Waals surface area contributed by atoms with Crippen molar-refractivity contribution in [3.63, 3.8) is 0 Å². The highest BCUT2D eigenvalue weighted by Gasteiger charge is 2.26. The number of nitriles is 1. The summed E-state index contributed by atoms with van der Waals surface area (Å²) in [7, 11) is 1.69. The normalized spacial score (nSPS) is 16.9. The van der Waals surface area contributed by atoms with Crippen LogP contribution in [0, 0.1) is 11.3 Å². The molecule has 1 heterocycles. The number of guanidine groups is 1. The minimum absolute atomic E-state index is 0.509. The summed E-state index contributed by atoms with van der Waals surface area (Å²) in [6.45, 7) is 5.50. The molecular formula is C22H26N4O. The first-order valence-electron chi connectivity index (χ1n) is 9.39. The van der Waals surface area contributed by atoms with E-state index in [0.29, 0.717) is 18.0 Å². The monoisotopic (exact) mass is 362 g/mol. The Morgan fingerprint density at radius 3 is 2.59 bits per heavy atom. The molecule has 5 nitrogen and oxygen atoms in total. The lowest BCUT2D eigenvalue weighted by Gasteiger charge is -2.22. The smallest absolute Gasteiger partial charge is 0.194 e. The Hall–Kier alpha value is -3.00. The van der Waals surface area contributed by atoms with E-state index in [2.05, 4.69) is 35.3 Å². The molecule has 1 fully saturated rings. The molecule has 1 N–H and O–H groups in total. The van der Waals surface area contributed by atoms with Crippen LogP contribution < -0.4 is 10.1 Å². The predicted molar refractivity (Wildman–Crippen MR) is 108 cm³/mol. The summed E-state index contributed by atoms with van der Waals surface area (Å²) in [5.74, 6) is 2.36. The Bertz CT molecular complexity index is 806. The van der Waals surface area contributed by atoms with E-state index in [4.69, 9.17) is 15.0 Å². The number of nitrogens with zero attached hydrogens (tertiary/aromatic N) is 3. The van der Waals surface area contributed by atoms with Crippen LogP contribution >= 0.6 is 0 Å². The molecule has 0 radical (unpaired) electrons. The molecule has 0 aromatic heterocycles. The molecule has 1 aliphatic heterocycles. The minimum atomic E-state index is 0.509. The Morgan fingerprint density at radius 2 is 1.96 bits per heavy atom. The average Bonchev–Trinajstić information content (AvgIpc) is 3.21. The molecule has 0 spiro atoms. The van der Waals surface area contributed by atoms with Gasteiger partial charge in [0.15, 0.2) is 5.96 Å². The fraction of sp³-hybridized carbons (Fsp3) is 0.364. The number of hydrogen-bond acceptors (Lipinski definition) is 3. The highest BCUT2D eigenvalue weighted by atomic mass is 16.5. The van der Waals surface area contributed by atoms with Crippen molar-refractivity contribution in [2.75, 3.05) is 26.7 Å². The molecule has 0 bridgehead atoms. The third-order valence-corrected chi connectivity index (χ3v) is 4.90. The van der Waals surface area contributed by atoms with E-state index in [1.165, 1.54) is 5.56 Å². The number of likely N-dealkylation sites (tertiary alicyclic amines) is 1. The van der Waals surface area contributed by atoms with Gasteiger partial charge in [0.1, 0.15) is 5.75 Å². The van der Waals surface area contributed by atoms with E-state index < -0.39 is 0 Å². The molecule has 2 aromatic carbocycles. The molecule has 1 saturated heterocycles. The summed E-state index contributed by atoms with van der Waals surface area (Å²) in [6.07, 6.45) is 1.12. The first-order valence-corrected chi connectivity index (χ1v) is 9.39. The summed E-state index contributed by atoms with van der Waals surface area (Å²) in [6, 6.07) is 18.1. The second-order valence-corrected chi connectivity index (χ2v) is 6.68. The van der Waals surface area contributed by atoms with Gasteiger partial charge in [-0.25, -0.2) is 4.99 Å². The SMILES string of the molecule is CCNC(=NCc1ccc(C#N)cc1)N1CCC(c2ccc(OC)cc2)C1. The number of rotatable bonds is 5. The highest BCUT2D eigenvalue weighted by Crippen LogP contribution is 2.28. The van der Waals surface area contributed by atoms with Gasteiger partial charge in [-0.05, 0) is 48.7 Å². The largest absolute Gasteiger partial charge is 0.497 e. The number of hydrogen-bond donors (Lipinski definition) is 1. The Balaban J connectivity index is 1.66. The number of ether oxygens (including phenoxy) is 1. The minimum Gasteiger partial charge on any atom is -0.497 e. The third kappa shape index (κ3) is 4.79. The van der Waals surface area contributed by atoms with Crippen LogP contribution in [-0.2, 0) is 6.54 Å². The van der Waals surface area contributed by atoms with Crippen molar-refractivity contribution < 1.29 is 4.74 Å². The first-order chi connectivity index (χ1) is 13.2. The number of benzene rings is 2. The molecule has 140 valence electrons. The van der Waals surface area contributed by atoms with Crippen molar-refractivity contribution in [3.8, 4) is 11.8 Å². The Labute approximate surface area is 161 Å². The second-order valence-electron chi connectivity index (χ2n) is 6.68. The van der Waals surface area contributed by atoms with Crippen molar-refractivity contribution >= 4 is 5.96 Å². The quantitative estimate of drug-likeness (QED) is 0.653. The molecule has 1 unspecified atom stereocenters. The summed E-state index contributed by atoms with van der Waals surface area (Å²) < 4.78 is 5.25. The average molecular weight is 362 g/mol. The number of methoxy groups -OCH3 is 1. The van der Waals surface area contributed by atoms with E-state index in [-0.39, 0.29) is 0 Å². The zero-order valence-electron chi connectivity index (χ0n) is 16.0. The van der Waals surface area contributed by atoms with Gasteiger partial charge in [-0.2, -0.15) is 5.26 Å². The van der Waals surface area contributed by atoms with Crippen molar-refractivity contribution in [2.24, 2.45) is 4.99 Å². The summed E-state index contributed by atoms with van der Waals surface area (Å²) in [4.78, 5) is 7.14. The van der Waals surface area contributed by atoms with Crippen LogP contribution in [0.15, 0.2) is 53.5 Å². The van der Waals surface area contributed by atoms with Gasteiger partial charge < -0.3 is 15.0 Å². The van der Waals surface area contributed by atoms with E-state index in [9.17, 15) is 0 Å². The maximum Gasteiger partial charge on any atom is 0.194 e. The van der Waals surface area contributed by atoms with Crippen molar-refractivity contribution in [1.82, 2.24) is 10.2 Å². The lowest BCUT2D eigenvalue weighted by molar-refractivity contribution is 0.414. The van der Waals surface area contributed by atoms with Gasteiger partial charge in [-0.15, -0.1) is 0 Å². The predicted octanol–water partition coefficient (Wildman–Crippen LogP) is 3.52. The van der Waals surface area contributed by atoms with Gasteiger partial charge in [0.05, 0.1) is 25.3 Å². The molecule has 27 heavy (non-hydrogen) atoms. The Kier molecular flexibility index (Phi) is 6.32. The van der Waals surface area contributed by atoms with Gasteiger partial charge in [0, 0.05) is 25.6 Å². The molecule has 5 heteroatoms. The molecule has 0 saturated carbocycles. The lowest BCUT2D eigenvalue weighted by atomic mass is 9.98. The van der Waals surface area contributed by atoms with Crippen molar-refractivity contribution in [1.29, 1.82) is 5.26 Å². The topological polar surface area (TPSA) is 60.7 Å². The van der Waals surface area contributed by atoms with Crippen LogP contribution in [0.1, 0.15) is 36.0 Å². The van der Waals surface area contributed by atoms with Gasteiger partial charge in [-0.3, -0.25) is 0 Å². The van der Waals surface area contributed by atoms with Crippen LogP contribution in [0.3, 0.4) is 0 Å². The first kappa shape index (κ1) is 18.8. The van der Waals surface area contributed by atoms with Crippen LogP contribution in [0.25, 0.3) is 0 Å². The maximum absolute atomic E-state index is 8.91. The third-order valence-electron chi connectivity index (χ3n) is 4.90. The molecule has 1 aliphatic rings. The Morgan fingerprint density at radius 1 is 1.22 bits per heavy atom. The molecule has 2 aromatic rings.